The van der Waals surface area contributed by atoms with Crippen LogP contribution >= 0.6 is 0 Å². The molecule has 1 aromatic heterocycles. The number of benzene rings is 2. The van der Waals surface area contributed by atoms with Crippen LogP contribution in [-0.2, 0) is 16.0 Å². The van der Waals surface area contributed by atoms with Crippen LogP contribution in [0.4, 0.5) is 5.69 Å². The highest BCUT2D eigenvalue weighted by atomic mass is 16.5. The number of amides is 1. The summed E-state index contributed by atoms with van der Waals surface area (Å²) < 4.78 is 5.46. The number of aryl methyl sites for hydroxylation is 1. The Balaban J connectivity index is 1.51. The van der Waals surface area contributed by atoms with E-state index in [-0.39, 0.29) is 12.0 Å². The third-order valence-corrected chi connectivity index (χ3v) is 4.72. The van der Waals surface area contributed by atoms with Crippen molar-refractivity contribution in [1.29, 1.82) is 0 Å². The van der Waals surface area contributed by atoms with Crippen molar-refractivity contribution in [2.24, 2.45) is 0 Å². The number of rotatable bonds is 5. The average Bonchev–Trinajstić information content (AvgIpc) is 3.36. The van der Waals surface area contributed by atoms with Crippen molar-refractivity contribution >= 4 is 11.6 Å². The van der Waals surface area contributed by atoms with Gasteiger partial charge in [-0.1, -0.05) is 42.5 Å². The van der Waals surface area contributed by atoms with Gasteiger partial charge >= 0.3 is 0 Å². The summed E-state index contributed by atoms with van der Waals surface area (Å²) in [4.78, 5) is 16.9. The fourth-order valence-electron chi connectivity index (χ4n) is 3.19. The van der Waals surface area contributed by atoms with Gasteiger partial charge in [-0.3, -0.25) is 9.89 Å². The number of aromatic amines is 1. The zero-order valence-electron chi connectivity index (χ0n) is 15.2. The van der Waals surface area contributed by atoms with E-state index in [0.29, 0.717) is 18.9 Å². The average molecular weight is 362 g/mol. The monoisotopic (exact) mass is 362 g/mol. The number of nitrogens with zero attached hydrogens (tertiary/aromatic N) is 2. The van der Waals surface area contributed by atoms with E-state index in [0.717, 1.165) is 35.5 Å². The number of hydrogen-bond acceptors (Lipinski definition) is 4. The minimum Gasteiger partial charge on any atom is -0.368 e. The van der Waals surface area contributed by atoms with Gasteiger partial charge in [-0.2, -0.15) is 5.10 Å². The van der Waals surface area contributed by atoms with Crippen molar-refractivity contribution in [3.05, 3.63) is 65.5 Å². The second-order valence-corrected chi connectivity index (χ2v) is 6.79. The number of nitrogens with one attached hydrogen (secondary N) is 2. The highest BCUT2D eigenvalue weighted by Crippen LogP contribution is 2.24. The topological polar surface area (TPSA) is 79.9 Å². The Kier molecular flexibility index (Phi) is 4.98. The van der Waals surface area contributed by atoms with Crippen LogP contribution in [0.2, 0.25) is 0 Å². The molecule has 0 aliphatic carbocycles. The fraction of sp³-hybridized carbons (Fsp3) is 0.286. The van der Waals surface area contributed by atoms with E-state index >= 15 is 0 Å². The molecule has 0 spiro atoms. The highest BCUT2D eigenvalue weighted by Gasteiger charge is 2.24. The molecule has 6 heteroatoms. The second-order valence-electron chi connectivity index (χ2n) is 6.79. The summed E-state index contributed by atoms with van der Waals surface area (Å²) in [5.74, 6) is 1.34. The smallest absolute Gasteiger partial charge is 0.253 e. The van der Waals surface area contributed by atoms with Gasteiger partial charge in [0, 0.05) is 24.3 Å². The first-order chi connectivity index (χ1) is 13.2. The Morgan fingerprint density at radius 1 is 1.26 bits per heavy atom. The molecule has 1 saturated heterocycles. The minimum atomic E-state index is -0.353. The molecule has 2 N–H and O–H groups in total. The van der Waals surface area contributed by atoms with E-state index in [2.05, 4.69) is 32.6 Å². The zero-order valence-corrected chi connectivity index (χ0v) is 15.2. The predicted molar refractivity (Wildman–Crippen MR) is 103 cm³/mol. The molecule has 1 atom stereocenters. The zero-order chi connectivity index (χ0) is 18.6. The lowest BCUT2D eigenvalue weighted by Crippen LogP contribution is -2.27. The van der Waals surface area contributed by atoms with E-state index < -0.39 is 0 Å². The summed E-state index contributed by atoms with van der Waals surface area (Å²) in [5, 5.41) is 10.3. The number of H-pyrrole nitrogens is 1. The van der Waals surface area contributed by atoms with Gasteiger partial charge in [-0.25, -0.2) is 4.98 Å². The first-order valence-electron chi connectivity index (χ1n) is 9.18. The van der Waals surface area contributed by atoms with Gasteiger partial charge in [-0.15, -0.1) is 0 Å². The van der Waals surface area contributed by atoms with E-state index in [1.54, 1.807) is 0 Å². The van der Waals surface area contributed by atoms with Crippen molar-refractivity contribution in [1.82, 2.24) is 15.2 Å². The third-order valence-electron chi connectivity index (χ3n) is 4.72. The highest BCUT2D eigenvalue weighted by molar-refractivity contribution is 5.95. The molecule has 27 heavy (non-hydrogen) atoms. The lowest BCUT2D eigenvalue weighted by Gasteiger charge is -2.13. The van der Waals surface area contributed by atoms with E-state index in [1.165, 1.54) is 5.56 Å². The maximum atomic E-state index is 12.3. The minimum absolute atomic E-state index is 0.0903. The Labute approximate surface area is 158 Å². The molecule has 4 rings (SSSR count). The summed E-state index contributed by atoms with van der Waals surface area (Å²) in [6, 6.07) is 16.0. The van der Waals surface area contributed by atoms with Crippen LogP contribution in [0.15, 0.2) is 48.5 Å². The van der Waals surface area contributed by atoms with Crippen LogP contribution in [0.5, 0.6) is 0 Å². The Hall–Kier alpha value is -2.99. The SMILES string of the molecule is Cc1ccc(-c2n[nH]c(Cc3ccccc3)n2)cc1NC(=O)[C@@H]1CCCO1. The van der Waals surface area contributed by atoms with Crippen molar-refractivity contribution in [3.8, 4) is 11.4 Å². The number of carbonyl (C=O) groups excluding carboxylic acids is 1. The van der Waals surface area contributed by atoms with Gasteiger partial charge in [-0.05, 0) is 37.0 Å². The summed E-state index contributed by atoms with van der Waals surface area (Å²) in [6.07, 6.45) is 2.05. The van der Waals surface area contributed by atoms with E-state index in [1.807, 2.05) is 43.3 Å². The van der Waals surface area contributed by atoms with Crippen LogP contribution in [0.3, 0.4) is 0 Å². The fourth-order valence-corrected chi connectivity index (χ4v) is 3.19. The summed E-state index contributed by atoms with van der Waals surface area (Å²) in [5.41, 5.74) is 3.79. The van der Waals surface area contributed by atoms with Gasteiger partial charge < -0.3 is 10.1 Å². The molecule has 1 amide bonds. The quantitative estimate of drug-likeness (QED) is 0.728. The van der Waals surface area contributed by atoms with Crippen molar-refractivity contribution in [2.75, 3.05) is 11.9 Å². The Morgan fingerprint density at radius 3 is 2.89 bits per heavy atom. The molecule has 0 saturated carbocycles. The first kappa shape index (κ1) is 17.4. The lowest BCUT2D eigenvalue weighted by atomic mass is 10.1. The van der Waals surface area contributed by atoms with Gasteiger partial charge in [0.15, 0.2) is 5.82 Å². The molecule has 2 aromatic carbocycles. The third kappa shape index (κ3) is 4.06. The molecular formula is C21H22N4O2. The summed E-state index contributed by atoms with van der Waals surface area (Å²) >= 11 is 0. The molecule has 2 heterocycles. The maximum Gasteiger partial charge on any atom is 0.253 e. The van der Waals surface area contributed by atoms with E-state index in [4.69, 9.17) is 4.74 Å². The van der Waals surface area contributed by atoms with Gasteiger partial charge in [0.25, 0.3) is 5.91 Å². The maximum absolute atomic E-state index is 12.3. The van der Waals surface area contributed by atoms with Gasteiger partial charge in [0.2, 0.25) is 0 Å². The molecule has 0 radical (unpaired) electrons. The van der Waals surface area contributed by atoms with Crippen LogP contribution < -0.4 is 5.32 Å². The van der Waals surface area contributed by atoms with Crippen LogP contribution in [0, 0.1) is 6.92 Å². The molecule has 6 nitrogen and oxygen atoms in total. The molecule has 0 unspecified atom stereocenters. The number of aromatic nitrogens is 3. The van der Waals surface area contributed by atoms with Crippen molar-refractivity contribution in [3.63, 3.8) is 0 Å². The standard InChI is InChI=1S/C21H22N4O2/c1-14-9-10-16(13-17(14)22-21(26)18-8-5-11-27-18)20-23-19(24-25-20)12-15-6-3-2-4-7-15/h2-4,6-7,9-10,13,18H,5,8,11-12H2,1H3,(H,22,26)(H,23,24,25)/t18-/m0/s1. The van der Waals surface area contributed by atoms with Crippen LogP contribution in [0.25, 0.3) is 11.4 Å². The molecule has 0 bridgehead atoms. The first-order valence-corrected chi connectivity index (χ1v) is 9.18. The molecule has 3 aromatic rings. The predicted octanol–water partition coefficient (Wildman–Crippen LogP) is 3.49. The van der Waals surface area contributed by atoms with Crippen LogP contribution in [0.1, 0.15) is 29.8 Å². The number of ether oxygens (including phenoxy) is 1. The molecule has 1 fully saturated rings. The lowest BCUT2D eigenvalue weighted by molar-refractivity contribution is -0.124. The molecule has 1 aliphatic rings. The van der Waals surface area contributed by atoms with Crippen molar-refractivity contribution in [2.45, 2.75) is 32.3 Å². The number of anilines is 1. The van der Waals surface area contributed by atoms with Gasteiger partial charge in [0.1, 0.15) is 11.9 Å². The molecule has 1 aliphatic heterocycles. The number of carbonyl (C=O) groups is 1. The van der Waals surface area contributed by atoms with Crippen molar-refractivity contribution < 1.29 is 9.53 Å². The second kappa shape index (κ2) is 7.72. The largest absolute Gasteiger partial charge is 0.368 e. The summed E-state index contributed by atoms with van der Waals surface area (Å²) in [7, 11) is 0. The van der Waals surface area contributed by atoms with Gasteiger partial charge in [0.05, 0.1) is 0 Å². The normalized spacial score (nSPS) is 16.4. The Morgan fingerprint density at radius 2 is 2.11 bits per heavy atom. The molecular weight excluding hydrogens is 340 g/mol. The Bertz CT molecular complexity index is 930. The van der Waals surface area contributed by atoms with Crippen LogP contribution in [-0.4, -0.2) is 33.8 Å². The molecule has 138 valence electrons. The number of hydrogen-bond donors (Lipinski definition) is 2. The van der Waals surface area contributed by atoms with E-state index in [9.17, 15) is 4.79 Å². The summed E-state index contributed by atoms with van der Waals surface area (Å²) in [6.45, 7) is 2.62.